The highest BCUT2D eigenvalue weighted by Crippen LogP contribution is 2.09. The van der Waals surface area contributed by atoms with Crippen molar-refractivity contribution < 1.29 is 4.79 Å². The molecule has 0 unspecified atom stereocenters. The minimum absolute atomic E-state index is 0.346. The molecule has 4 heteroatoms. The van der Waals surface area contributed by atoms with E-state index >= 15 is 0 Å². The molecule has 4 N–H and O–H groups in total. The first kappa shape index (κ1) is 13.5. The van der Waals surface area contributed by atoms with E-state index in [4.69, 9.17) is 5.84 Å². The molecule has 17 heavy (non-hydrogen) atoms. The van der Waals surface area contributed by atoms with Crippen molar-refractivity contribution in [3.8, 4) is 0 Å². The van der Waals surface area contributed by atoms with E-state index in [0.29, 0.717) is 12.5 Å². The van der Waals surface area contributed by atoms with E-state index < -0.39 is 0 Å². The van der Waals surface area contributed by atoms with Gasteiger partial charge in [0.2, 0.25) is 0 Å². The van der Waals surface area contributed by atoms with Gasteiger partial charge in [-0.2, -0.15) is 0 Å². The van der Waals surface area contributed by atoms with Crippen LogP contribution in [0.5, 0.6) is 0 Å². The molecule has 0 aliphatic rings. The van der Waals surface area contributed by atoms with Crippen LogP contribution in [0.4, 0.5) is 4.79 Å². The van der Waals surface area contributed by atoms with Crippen LogP contribution >= 0.6 is 0 Å². The minimum Gasteiger partial charge on any atom is -0.337 e. The van der Waals surface area contributed by atoms with Crippen LogP contribution in [0.25, 0.3) is 0 Å². The van der Waals surface area contributed by atoms with Gasteiger partial charge in [-0.1, -0.05) is 38.1 Å². The van der Waals surface area contributed by atoms with Crippen LogP contribution < -0.4 is 16.6 Å². The van der Waals surface area contributed by atoms with E-state index in [1.54, 1.807) is 0 Å². The first-order chi connectivity index (χ1) is 8.11. The van der Waals surface area contributed by atoms with Crippen molar-refractivity contribution in [1.82, 2.24) is 10.7 Å². The molecule has 0 bridgehead atoms. The van der Waals surface area contributed by atoms with Gasteiger partial charge < -0.3 is 5.32 Å². The molecule has 0 aliphatic heterocycles. The Kier molecular flexibility index (Phi) is 5.49. The number of carbonyl (C=O) groups excluding carboxylic acids is 1. The number of rotatable bonds is 5. The maximum atomic E-state index is 10.8. The van der Waals surface area contributed by atoms with E-state index in [-0.39, 0.29) is 6.03 Å². The molecule has 0 spiro atoms. The number of nitrogens with one attached hydrogen (secondary N) is 2. The Labute approximate surface area is 103 Å². The molecular formula is C13H21N3O. The Bertz CT molecular complexity index is 346. The molecule has 4 nitrogen and oxygen atoms in total. The first-order valence-electron chi connectivity index (χ1n) is 5.94. The fraction of sp³-hybridized carbons (Fsp3) is 0.462. The number of carbonyl (C=O) groups is 1. The van der Waals surface area contributed by atoms with Gasteiger partial charge >= 0.3 is 6.03 Å². The van der Waals surface area contributed by atoms with Crippen molar-refractivity contribution in [2.24, 2.45) is 11.8 Å². The van der Waals surface area contributed by atoms with E-state index in [1.165, 1.54) is 11.1 Å². The minimum atomic E-state index is -0.346. The molecular weight excluding hydrogens is 214 g/mol. The van der Waals surface area contributed by atoms with Crippen LogP contribution in [0, 0.1) is 5.92 Å². The van der Waals surface area contributed by atoms with E-state index in [2.05, 4.69) is 43.4 Å². The van der Waals surface area contributed by atoms with Gasteiger partial charge in [0.1, 0.15) is 0 Å². The lowest BCUT2D eigenvalue weighted by Crippen LogP contribution is -2.40. The molecule has 94 valence electrons. The van der Waals surface area contributed by atoms with E-state index in [0.717, 1.165) is 12.8 Å². The average Bonchev–Trinajstić information content (AvgIpc) is 2.30. The van der Waals surface area contributed by atoms with Gasteiger partial charge in [0.05, 0.1) is 0 Å². The van der Waals surface area contributed by atoms with Gasteiger partial charge in [0, 0.05) is 6.54 Å². The highest BCUT2D eigenvalue weighted by molar-refractivity contribution is 5.72. The quantitative estimate of drug-likeness (QED) is 0.412. The van der Waals surface area contributed by atoms with Crippen molar-refractivity contribution >= 4 is 6.03 Å². The van der Waals surface area contributed by atoms with Crippen molar-refractivity contribution in [3.63, 3.8) is 0 Å². The third-order valence-electron chi connectivity index (χ3n) is 2.50. The van der Waals surface area contributed by atoms with Crippen LogP contribution in [-0.2, 0) is 12.8 Å². The monoisotopic (exact) mass is 235 g/mol. The van der Waals surface area contributed by atoms with Gasteiger partial charge in [-0.3, -0.25) is 5.43 Å². The Morgan fingerprint density at radius 2 is 1.82 bits per heavy atom. The zero-order chi connectivity index (χ0) is 12.7. The second kappa shape index (κ2) is 6.91. The molecule has 0 heterocycles. The number of hydrazine groups is 1. The fourth-order valence-corrected chi connectivity index (χ4v) is 1.68. The average molecular weight is 235 g/mol. The third kappa shape index (κ3) is 5.36. The second-order valence-electron chi connectivity index (χ2n) is 4.56. The molecule has 1 aromatic carbocycles. The molecule has 1 aromatic rings. The van der Waals surface area contributed by atoms with Crippen molar-refractivity contribution in [1.29, 1.82) is 0 Å². The maximum Gasteiger partial charge on any atom is 0.328 e. The lowest BCUT2D eigenvalue weighted by atomic mass is 10.0. The molecule has 1 rings (SSSR count). The number of urea groups is 1. The third-order valence-corrected chi connectivity index (χ3v) is 2.50. The number of hydrogen-bond acceptors (Lipinski definition) is 2. The summed E-state index contributed by atoms with van der Waals surface area (Å²) in [7, 11) is 0. The molecule has 0 fully saturated rings. The molecule has 0 radical (unpaired) electrons. The van der Waals surface area contributed by atoms with Crippen LogP contribution in [0.15, 0.2) is 24.3 Å². The highest BCUT2D eigenvalue weighted by atomic mass is 16.2. The lowest BCUT2D eigenvalue weighted by molar-refractivity contribution is 0.241. The van der Waals surface area contributed by atoms with E-state index in [1.807, 2.05) is 5.43 Å². The zero-order valence-corrected chi connectivity index (χ0v) is 10.5. The summed E-state index contributed by atoms with van der Waals surface area (Å²) in [5.74, 6) is 5.63. The standard InChI is InChI=1S/C13H21N3O/c1-10(2)9-12-5-3-11(4-6-12)7-8-15-13(17)16-14/h3-6,10H,7-9,14H2,1-2H3,(H2,15,16,17). The summed E-state index contributed by atoms with van der Waals surface area (Å²) in [5, 5.41) is 2.65. The summed E-state index contributed by atoms with van der Waals surface area (Å²) in [4.78, 5) is 10.8. The zero-order valence-electron chi connectivity index (χ0n) is 10.5. The molecule has 2 amide bonds. The van der Waals surface area contributed by atoms with Crippen LogP contribution in [0.1, 0.15) is 25.0 Å². The topological polar surface area (TPSA) is 67.2 Å². The summed E-state index contributed by atoms with van der Waals surface area (Å²) in [5.41, 5.74) is 4.61. The molecule has 0 saturated carbocycles. The predicted molar refractivity (Wildman–Crippen MR) is 69.4 cm³/mol. The summed E-state index contributed by atoms with van der Waals surface area (Å²) in [6.45, 7) is 5.01. The van der Waals surface area contributed by atoms with Crippen LogP contribution in [0.3, 0.4) is 0 Å². The summed E-state index contributed by atoms with van der Waals surface area (Å²) < 4.78 is 0. The van der Waals surface area contributed by atoms with Crippen molar-refractivity contribution in [2.45, 2.75) is 26.7 Å². The summed E-state index contributed by atoms with van der Waals surface area (Å²) in [6, 6.07) is 8.18. The number of hydrogen-bond donors (Lipinski definition) is 3. The Morgan fingerprint density at radius 3 is 2.35 bits per heavy atom. The number of nitrogens with two attached hydrogens (primary N) is 1. The van der Waals surface area contributed by atoms with Crippen LogP contribution in [-0.4, -0.2) is 12.6 Å². The molecule has 0 aliphatic carbocycles. The Balaban J connectivity index is 2.37. The Morgan fingerprint density at radius 1 is 1.24 bits per heavy atom. The smallest absolute Gasteiger partial charge is 0.328 e. The summed E-state index contributed by atoms with van der Waals surface area (Å²) >= 11 is 0. The predicted octanol–water partition coefficient (Wildman–Crippen LogP) is 1.60. The van der Waals surface area contributed by atoms with Gasteiger partial charge in [-0.15, -0.1) is 0 Å². The van der Waals surface area contributed by atoms with Gasteiger partial charge in [-0.05, 0) is 29.9 Å². The van der Waals surface area contributed by atoms with E-state index in [9.17, 15) is 4.79 Å². The number of amides is 2. The van der Waals surface area contributed by atoms with Crippen molar-refractivity contribution in [2.75, 3.05) is 6.54 Å². The largest absolute Gasteiger partial charge is 0.337 e. The second-order valence-corrected chi connectivity index (χ2v) is 4.56. The highest BCUT2D eigenvalue weighted by Gasteiger charge is 1.99. The molecule has 0 atom stereocenters. The first-order valence-corrected chi connectivity index (χ1v) is 5.94. The summed E-state index contributed by atoms with van der Waals surface area (Å²) in [6.07, 6.45) is 1.92. The van der Waals surface area contributed by atoms with Crippen LogP contribution in [0.2, 0.25) is 0 Å². The SMILES string of the molecule is CC(C)Cc1ccc(CCNC(=O)NN)cc1. The van der Waals surface area contributed by atoms with Gasteiger partial charge in [-0.25, -0.2) is 10.6 Å². The maximum absolute atomic E-state index is 10.8. The van der Waals surface area contributed by atoms with Gasteiger partial charge in [0.15, 0.2) is 0 Å². The molecule has 0 aromatic heterocycles. The Hall–Kier alpha value is -1.55. The fourth-order valence-electron chi connectivity index (χ4n) is 1.68. The van der Waals surface area contributed by atoms with Crippen molar-refractivity contribution in [3.05, 3.63) is 35.4 Å². The number of benzene rings is 1. The molecule has 0 saturated heterocycles. The normalized spacial score (nSPS) is 10.4. The van der Waals surface area contributed by atoms with Gasteiger partial charge in [0.25, 0.3) is 0 Å². The lowest BCUT2D eigenvalue weighted by Gasteiger charge is -2.07.